The minimum atomic E-state index is -0.167. The van der Waals surface area contributed by atoms with Crippen LogP contribution >= 0.6 is 23.7 Å². The van der Waals surface area contributed by atoms with Crippen LogP contribution in [0.1, 0.15) is 15.9 Å². The van der Waals surface area contributed by atoms with E-state index in [4.69, 9.17) is 23.9 Å². The van der Waals surface area contributed by atoms with Crippen molar-refractivity contribution in [1.29, 1.82) is 0 Å². The van der Waals surface area contributed by atoms with Crippen molar-refractivity contribution < 1.29 is 23.7 Å². The Morgan fingerprint density at radius 3 is 2.38 bits per heavy atom. The van der Waals surface area contributed by atoms with Crippen LogP contribution in [0.3, 0.4) is 0 Å². The van der Waals surface area contributed by atoms with Crippen LogP contribution in [-0.4, -0.2) is 76.5 Å². The van der Waals surface area contributed by atoms with E-state index in [1.54, 1.807) is 24.1 Å². The first-order valence-electron chi connectivity index (χ1n) is 10.8. The molecule has 1 fully saturated rings. The van der Waals surface area contributed by atoms with Gasteiger partial charge in [0.1, 0.15) is 0 Å². The van der Waals surface area contributed by atoms with Crippen molar-refractivity contribution in [2.24, 2.45) is 0 Å². The molecule has 1 saturated heterocycles. The molecule has 1 amide bonds. The van der Waals surface area contributed by atoms with Crippen molar-refractivity contribution in [2.75, 3.05) is 65.6 Å². The molecule has 34 heavy (non-hydrogen) atoms. The highest BCUT2D eigenvalue weighted by Gasteiger charge is 2.26. The molecule has 3 aromatic rings. The van der Waals surface area contributed by atoms with Gasteiger partial charge in [-0.2, -0.15) is 0 Å². The van der Waals surface area contributed by atoms with Gasteiger partial charge in [0.25, 0.3) is 5.91 Å². The summed E-state index contributed by atoms with van der Waals surface area (Å²) in [5.74, 6) is 1.16. The van der Waals surface area contributed by atoms with Crippen LogP contribution in [0.2, 0.25) is 0 Å². The number of hydrogen-bond acceptors (Lipinski definition) is 8. The maximum atomic E-state index is 13.8. The monoisotopic (exact) mass is 507 g/mol. The molecule has 1 aliphatic rings. The number of nitrogens with zero attached hydrogens (tertiary/aromatic N) is 3. The van der Waals surface area contributed by atoms with Crippen LogP contribution in [-0.2, 0) is 4.74 Å². The van der Waals surface area contributed by atoms with E-state index in [-0.39, 0.29) is 18.3 Å². The lowest BCUT2D eigenvalue weighted by Gasteiger charge is -2.29. The zero-order chi connectivity index (χ0) is 23.4. The van der Waals surface area contributed by atoms with Gasteiger partial charge in [-0.05, 0) is 30.7 Å². The number of para-hydroxylation sites is 1. The highest BCUT2D eigenvalue weighted by Crippen LogP contribution is 2.39. The number of hydrogen-bond donors (Lipinski definition) is 0. The fourth-order valence-corrected chi connectivity index (χ4v) is 4.97. The number of halogens is 1. The van der Waals surface area contributed by atoms with Gasteiger partial charge in [-0.25, -0.2) is 4.98 Å². The maximum Gasteiger partial charge on any atom is 0.260 e. The summed E-state index contributed by atoms with van der Waals surface area (Å²) in [7, 11) is 4.62. The molecule has 0 atom stereocenters. The average Bonchev–Trinajstić information content (AvgIpc) is 3.29. The Kier molecular flexibility index (Phi) is 8.96. The number of aryl methyl sites for hydroxylation is 1. The smallest absolute Gasteiger partial charge is 0.260 e. The Bertz CT molecular complexity index is 1110. The maximum absolute atomic E-state index is 13.8. The SMILES string of the molecule is COc1cc(C(=O)N(CCN2CCOCC2)c2nc3c(C)cccc3s2)cc(OC)c1OC.Cl. The molecule has 10 heteroatoms. The van der Waals surface area contributed by atoms with E-state index in [0.29, 0.717) is 47.7 Å². The summed E-state index contributed by atoms with van der Waals surface area (Å²) in [5.41, 5.74) is 2.46. The third kappa shape index (κ3) is 5.38. The van der Waals surface area contributed by atoms with Gasteiger partial charge in [0.2, 0.25) is 5.75 Å². The second kappa shape index (κ2) is 11.7. The zero-order valence-electron chi connectivity index (χ0n) is 19.8. The first-order valence-corrected chi connectivity index (χ1v) is 11.7. The number of rotatable bonds is 8. The van der Waals surface area contributed by atoms with Gasteiger partial charge < -0.3 is 18.9 Å². The van der Waals surface area contributed by atoms with Crippen LogP contribution in [0, 0.1) is 6.92 Å². The van der Waals surface area contributed by atoms with Gasteiger partial charge in [-0.3, -0.25) is 14.6 Å². The van der Waals surface area contributed by atoms with Crippen molar-refractivity contribution in [3.63, 3.8) is 0 Å². The molecule has 8 nitrogen and oxygen atoms in total. The Labute approximate surface area is 209 Å². The number of anilines is 1. The van der Waals surface area contributed by atoms with Gasteiger partial charge >= 0.3 is 0 Å². The number of benzene rings is 2. The normalized spacial score (nSPS) is 13.9. The lowest BCUT2D eigenvalue weighted by molar-refractivity contribution is 0.0391. The van der Waals surface area contributed by atoms with E-state index in [1.165, 1.54) is 25.6 Å². The number of ether oxygens (including phenoxy) is 4. The second-order valence-electron chi connectivity index (χ2n) is 7.74. The molecular formula is C24H30ClN3O5S. The molecule has 0 unspecified atom stereocenters. The third-order valence-electron chi connectivity index (χ3n) is 5.74. The van der Waals surface area contributed by atoms with Gasteiger partial charge in [0.15, 0.2) is 16.6 Å². The average molecular weight is 508 g/mol. The Morgan fingerprint density at radius 2 is 1.79 bits per heavy atom. The zero-order valence-corrected chi connectivity index (χ0v) is 21.5. The standard InChI is InChI=1S/C24H29N3O5S.ClH/c1-16-6-5-7-20-21(16)25-24(33-20)27(9-8-26-10-12-32-13-11-26)23(28)17-14-18(29-2)22(31-4)19(15-17)30-3;/h5-7,14-15H,8-13H2,1-4H3;1H. The van der Waals surface area contributed by atoms with Gasteiger partial charge in [0.05, 0.1) is 44.8 Å². The fourth-order valence-electron chi connectivity index (χ4n) is 3.90. The van der Waals surface area contributed by atoms with Crippen molar-refractivity contribution in [2.45, 2.75) is 6.92 Å². The molecule has 2 aromatic carbocycles. The number of carbonyl (C=O) groups excluding carboxylic acids is 1. The first kappa shape index (κ1) is 26.0. The number of carbonyl (C=O) groups is 1. The van der Waals surface area contributed by atoms with E-state index in [2.05, 4.69) is 4.90 Å². The summed E-state index contributed by atoms with van der Waals surface area (Å²) >= 11 is 1.52. The number of morpholine rings is 1. The number of amides is 1. The molecule has 184 valence electrons. The Morgan fingerprint density at radius 1 is 1.12 bits per heavy atom. The number of methoxy groups -OCH3 is 3. The third-order valence-corrected chi connectivity index (χ3v) is 6.78. The van der Waals surface area contributed by atoms with Crippen LogP contribution in [0.15, 0.2) is 30.3 Å². The van der Waals surface area contributed by atoms with Crippen LogP contribution < -0.4 is 19.1 Å². The van der Waals surface area contributed by atoms with Crippen LogP contribution in [0.4, 0.5) is 5.13 Å². The van der Waals surface area contributed by atoms with Gasteiger partial charge in [0, 0.05) is 31.7 Å². The Balaban J connectivity index is 0.00000324. The van der Waals surface area contributed by atoms with E-state index in [0.717, 1.165) is 35.4 Å². The molecule has 0 radical (unpaired) electrons. The highest BCUT2D eigenvalue weighted by atomic mass is 35.5. The summed E-state index contributed by atoms with van der Waals surface area (Å²) in [4.78, 5) is 22.7. The summed E-state index contributed by atoms with van der Waals surface area (Å²) in [6.45, 7) is 6.40. The predicted molar refractivity (Wildman–Crippen MR) is 137 cm³/mol. The number of aromatic nitrogens is 1. The largest absolute Gasteiger partial charge is 0.493 e. The number of thiazole rings is 1. The van der Waals surface area contributed by atoms with E-state index in [9.17, 15) is 4.79 Å². The van der Waals surface area contributed by atoms with Crippen LogP contribution in [0.25, 0.3) is 10.2 Å². The Hall–Kier alpha value is -2.59. The summed E-state index contributed by atoms with van der Waals surface area (Å²) in [5, 5.41) is 0.673. The van der Waals surface area contributed by atoms with Gasteiger partial charge in [-0.15, -0.1) is 12.4 Å². The van der Waals surface area contributed by atoms with E-state index in [1.807, 2.05) is 25.1 Å². The van der Waals surface area contributed by atoms with Crippen LogP contribution in [0.5, 0.6) is 17.2 Å². The summed E-state index contributed by atoms with van der Waals surface area (Å²) < 4.78 is 22.9. The lowest BCUT2D eigenvalue weighted by atomic mass is 10.1. The molecule has 0 N–H and O–H groups in total. The molecule has 0 spiro atoms. The van der Waals surface area contributed by atoms with Crippen molar-refractivity contribution in [3.05, 3.63) is 41.5 Å². The molecule has 1 aromatic heterocycles. The van der Waals surface area contributed by atoms with E-state index >= 15 is 0 Å². The first-order chi connectivity index (χ1) is 16.0. The van der Waals surface area contributed by atoms with Gasteiger partial charge in [-0.1, -0.05) is 23.5 Å². The molecule has 0 bridgehead atoms. The van der Waals surface area contributed by atoms with E-state index < -0.39 is 0 Å². The molecule has 2 heterocycles. The molecular weight excluding hydrogens is 478 g/mol. The van der Waals surface area contributed by atoms with Crippen molar-refractivity contribution in [1.82, 2.24) is 9.88 Å². The highest BCUT2D eigenvalue weighted by molar-refractivity contribution is 7.22. The molecule has 0 saturated carbocycles. The lowest BCUT2D eigenvalue weighted by Crippen LogP contribution is -2.43. The minimum absolute atomic E-state index is 0. The molecule has 1 aliphatic heterocycles. The quantitative estimate of drug-likeness (QED) is 0.455. The number of fused-ring (bicyclic) bond motifs is 1. The van der Waals surface area contributed by atoms with Crippen molar-refractivity contribution in [3.8, 4) is 17.2 Å². The summed E-state index contributed by atoms with van der Waals surface area (Å²) in [6.07, 6.45) is 0. The second-order valence-corrected chi connectivity index (χ2v) is 8.75. The molecule has 4 rings (SSSR count). The topological polar surface area (TPSA) is 73.4 Å². The molecule has 0 aliphatic carbocycles. The summed E-state index contributed by atoms with van der Waals surface area (Å²) in [6, 6.07) is 9.45. The predicted octanol–water partition coefficient (Wildman–Crippen LogP) is 4.03. The van der Waals surface area contributed by atoms with Crippen molar-refractivity contribution >= 4 is 45.0 Å². The fraction of sp³-hybridized carbons (Fsp3) is 0.417. The minimum Gasteiger partial charge on any atom is -0.493 e.